The molecule has 0 aromatic carbocycles. The van der Waals surface area contributed by atoms with E-state index in [0.29, 0.717) is 4.60 Å². The smallest absolute Gasteiger partial charge is 0.347 e. The molecule has 0 fully saturated rings. The fraction of sp³-hybridized carbons (Fsp3) is 0. The molecule has 0 saturated heterocycles. The molecule has 1 N–H and O–H groups in total. The van der Waals surface area contributed by atoms with Crippen LogP contribution in [0.4, 0.5) is 0 Å². The van der Waals surface area contributed by atoms with Crippen LogP contribution in [0.3, 0.4) is 0 Å². The van der Waals surface area contributed by atoms with Crippen molar-refractivity contribution in [2.45, 2.75) is 0 Å². The third-order valence-corrected chi connectivity index (χ3v) is 2.11. The van der Waals surface area contributed by atoms with Crippen molar-refractivity contribution in [1.29, 1.82) is 0 Å². The minimum absolute atomic E-state index is 0.252. The maximum absolute atomic E-state index is 10.2. The Morgan fingerprint density at radius 3 is 2.78 bits per heavy atom. The fourth-order valence-corrected chi connectivity index (χ4v) is 1.43. The molecular weight excluding hydrogens is 206 g/mol. The van der Waals surface area contributed by atoms with Gasteiger partial charge in [-0.15, -0.1) is 0 Å². The second-order valence-electron chi connectivity index (χ2n) is 1.32. The van der Waals surface area contributed by atoms with Crippen LogP contribution < -0.4 is 0 Å². The second-order valence-corrected chi connectivity index (χ2v) is 2.94. The SMILES string of the molecule is O=C(O)c1cc(Br)ns1. The lowest BCUT2D eigenvalue weighted by Gasteiger charge is -1.77. The van der Waals surface area contributed by atoms with Gasteiger partial charge in [-0.25, -0.2) is 4.79 Å². The van der Waals surface area contributed by atoms with Gasteiger partial charge in [0.15, 0.2) is 0 Å². The summed E-state index contributed by atoms with van der Waals surface area (Å²) >= 11 is 4.00. The molecule has 0 spiro atoms. The van der Waals surface area contributed by atoms with Gasteiger partial charge in [0.05, 0.1) is 0 Å². The Balaban J connectivity index is 2.98. The monoisotopic (exact) mass is 207 g/mol. The first kappa shape index (κ1) is 6.70. The second kappa shape index (κ2) is 2.45. The molecule has 0 radical (unpaired) electrons. The first-order valence-electron chi connectivity index (χ1n) is 2.05. The number of aromatic carboxylic acids is 1. The maximum Gasteiger partial charge on any atom is 0.347 e. The van der Waals surface area contributed by atoms with Gasteiger partial charge in [0.1, 0.15) is 9.48 Å². The average molecular weight is 208 g/mol. The summed E-state index contributed by atoms with van der Waals surface area (Å²) < 4.78 is 4.29. The molecule has 48 valence electrons. The van der Waals surface area contributed by atoms with Crippen LogP contribution in [-0.2, 0) is 0 Å². The van der Waals surface area contributed by atoms with Crippen LogP contribution in [0, 0.1) is 0 Å². The van der Waals surface area contributed by atoms with E-state index in [1.807, 2.05) is 0 Å². The third-order valence-electron chi connectivity index (χ3n) is 0.692. The van der Waals surface area contributed by atoms with Crippen molar-refractivity contribution < 1.29 is 9.90 Å². The van der Waals surface area contributed by atoms with Gasteiger partial charge in [-0.3, -0.25) is 0 Å². The van der Waals surface area contributed by atoms with Crippen molar-refractivity contribution >= 4 is 33.4 Å². The van der Waals surface area contributed by atoms with E-state index in [0.717, 1.165) is 11.5 Å². The zero-order chi connectivity index (χ0) is 6.85. The van der Waals surface area contributed by atoms with Crippen LogP contribution in [0.5, 0.6) is 0 Å². The van der Waals surface area contributed by atoms with E-state index in [4.69, 9.17) is 5.11 Å². The fourth-order valence-electron chi connectivity index (χ4n) is 0.354. The predicted molar refractivity (Wildman–Crippen MR) is 36.8 cm³/mol. The topological polar surface area (TPSA) is 50.2 Å². The summed E-state index contributed by atoms with van der Waals surface area (Å²) in [5, 5.41) is 8.35. The first-order chi connectivity index (χ1) is 4.20. The lowest BCUT2D eigenvalue weighted by Crippen LogP contribution is -1.89. The molecule has 1 aromatic heterocycles. The van der Waals surface area contributed by atoms with Crippen LogP contribution in [0.25, 0.3) is 0 Å². The molecule has 0 unspecified atom stereocenters. The number of carboxylic acid groups (broad SMARTS) is 1. The Morgan fingerprint density at radius 1 is 1.89 bits per heavy atom. The largest absolute Gasteiger partial charge is 0.477 e. The molecule has 5 heteroatoms. The van der Waals surface area contributed by atoms with E-state index in [9.17, 15) is 4.79 Å². The molecule has 0 atom stereocenters. The first-order valence-corrected chi connectivity index (χ1v) is 3.62. The van der Waals surface area contributed by atoms with E-state index in [1.165, 1.54) is 6.07 Å². The minimum Gasteiger partial charge on any atom is -0.477 e. The van der Waals surface area contributed by atoms with Crippen molar-refractivity contribution in [2.24, 2.45) is 0 Å². The average Bonchev–Trinajstić information content (AvgIpc) is 2.14. The third kappa shape index (κ3) is 1.49. The van der Waals surface area contributed by atoms with Crippen molar-refractivity contribution in [3.8, 4) is 0 Å². The summed E-state index contributed by atoms with van der Waals surface area (Å²) in [5.74, 6) is -0.932. The van der Waals surface area contributed by atoms with Crippen LogP contribution in [0.15, 0.2) is 10.7 Å². The van der Waals surface area contributed by atoms with E-state index in [-0.39, 0.29) is 4.88 Å². The van der Waals surface area contributed by atoms with E-state index in [1.54, 1.807) is 0 Å². The van der Waals surface area contributed by atoms with Crippen molar-refractivity contribution in [2.75, 3.05) is 0 Å². The lowest BCUT2D eigenvalue weighted by molar-refractivity contribution is 0.0702. The van der Waals surface area contributed by atoms with Gasteiger partial charge in [-0.2, -0.15) is 4.37 Å². The molecule has 0 aliphatic rings. The van der Waals surface area contributed by atoms with Gasteiger partial charge in [0, 0.05) is 0 Å². The number of carboxylic acids is 1. The molecular formula is C4H2BrNO2S. The molecule has 0 saturated carbocycles. The molecule has 1 aromatic rings. The van der Waals surface area contributed by atoms with Crippen LogP contribution >= 0.6 is 27.5 Å². The van der Waals surface area contributed by atoms with Crippen molar-refractivity contribution in [3.05, 3.63) is 15.5 Å². The molecule has 9 heavy (non-hydrogen) atoms. The summed E-state index contributed by atoms with van der Waals surface area (Å²) in [6.07, 6.45) is 0. The summed E-state index contributed by atoms with van der Waals surface area (Å²) in [7, 11) is 0. The zero-order valence-corrected chi connectivity index (χ0v) is 6.57. The number of hydrogen-bond acceptors (Lipinski definition) is 3. The quantitative estimate of drug-likeness (QED) is 0.762. The van der Waals surface area contributed by atoms with Gasteiger partial charge in [0.2, 0.25) is 0 Å². The molecule has 0 amide bonds. The van der Waals surface area contributed by atoms with Crippen LogP contribution in [0.1, 0.15) is 9.67 Å². The predicted octanol–water partition coefficient (Wildman–Crippen LogP) is 1.60. The Labute approximate surface area is 63.6 Å². The van der Waals surface area contributed by atoms with Gasteiger partial charge in [0.25, 0.3) is 0 Å². The maximum atomic E-state index is 10.2. The Hall–Kier alpha value is -0.420. The number of carbonyl (C=O) groups is 1. The summed E-state index contributed by atoms with van der Waals surface area (Å²) in [5.41, 5.74) is 0. The van der Waals surface area contributed by atoms with Crippen LogP contribution in [0.2, 0.25) is 0 Å². The van der Waals surface area contributed by atoms with Crippen molar-refractivity contribution in [3.63, 3.8) is 0 Å². The number of halogens is 1. The standard InChI is InChI=1S/C4H2BrNO2S/c5-3-1-2(4(7)8)9-6-3/h1H,(H,7,8). The van der Waals surface area contributed by atoms with E-state index in [2.05, 4.69) is 20.3 Å². The number of rotatable bonds is 1. The van der Waals surface area contributed by atoms with Gasteiger partial charge >= 0.3 is 5.97 Å². The number of nitrogens with zero attached hydrogens (tertiary/aromatic N) is 1. The zero-order valence-electron chi connectivity index (χ0n) is 4.17. The highest BCUT2D eigenvalue weighted by Gasteiger charge is 2.05. The molecule has 0 aliphatic carbocycles. The molecule has 1 rings (SSSR count). The highest BCUT2D eigenvalue weighted by atomic mass is 79.9. The molecule has 1 heterocycles. The summed E-state index contributed by atoms with van der Waals surface area (Å²) in [6, 6.07) is 1.47. The van der Waals surface area contributed by atoms with E-state index >= 15 is 0 Å². The molecule has 0 aliphatic heterocycles. The Kier molecular flexibility index (Phi) is 1.82. The van der Waals surface area contributed by atoms with Gasteiger partial charge in [-0.05, 0) is 33.5 Å². The van der Waals surface area contributed by atoms with Crippen molar-refractivity contribution in [1.82, 2.24) is 4.37 Å². The number of aromatic nitrogens is 1. The Morgan fingerprint density at radius 2 is 2.56 bits per heavy atom. The van der Waals surface area contributed by atoms with E-state index < -0.39 is 5.97 Å². The summed E-state index contributed by atoms with van der Waals surface area (Å²) in [4.78, 5) is 10.4. The molecule has 3 nitrogen and oxygen atoms in total. The minimum atomic E-state index is -0.932. The normalized spacial score (nSPS) is 9.44. The number of hydrogen-bond donors (Lipinski definition) is 1. The lowest BCUT2D eigenvalue weighted by atomic mass is 10.5. The van der Waals surface area contributed by atoms with Gasteiger partial charge < -0.3 is 5.11 Å². The highest BCUT2D eigenvalue weighted by Crippen LogP contribution is 2.14. The highest BCUT2D eigenvalue weighted by molar-refractivity contribution is 9.10. The van der Waals surface area contributed by atoms with Crippen LogP contribution in [-0.4, -0.2) is 15.4 Å². The van der Waals surface area contributed by atoms with Gasteiger partial charge in [-0.1, -0.05) is 0 Å². The Bertz CT molecular complexity index is 234. The molecule has 0 bridgehead atoms. The summed E-state index contributed by atoms with van der Waals surface area (Å²) in [6.45, 7) is 0.